The van der Waals surface area contributed by atoms with E-state index < -0.39 is 0 Å². The van der Waals surface area contributed by atoms with Crippen molar-refractivity contribution in [2.45, 2.75) is 26.5 Å². The van der Waals surface area contributed by atoms with Crippen LogP contribution < -0.4 is 0 Å². The minimum Gasteiger partial charge on any atom is -0.0765 e. The molecule has 53 valence electrons. The summed E-state index contributed by atoms with van der Waals surface area (Å²) in [5.74, 6) is 1.50. The van der Waals surface area contributed by atoms with Gasteiger partial charge in [-0.1, -0.05) is 26.5 Å². The zero-order valence-electron chi connectivity index (χ0n) is 6.80. The van der Waals surface area contributed by atoms with Crippen LogP contribution in [0.5, 0.6) is 0 Å². The second-order valence-electron chi connectivity index (χ2n) is 2.73. The maximum atomic E-state index is 2.25. The first-order valence-electron chi connectivity index (χ1n) is 4.10. The van der Waals surface area contributed by atoms with Gasteiger partial charge in [0.15, 0.2) is 0 Å². The summed E-state index contributed by atoms with van der Waals surface area (Å²) in [6, 6.07) is 0. The Hall–Kier alpha value is 0.0649. The summed E-state index contributed by atoms with van der Waals surface area (Å²) in [7, 11) is 0. The monoisotopic (exact) mass is 133 g/mol. The highest BCUT2D eigenvalue weighted by Gasteiger charge is 2.25. The molecule has 0 heterocycles. The van der Waals surface area contributed by atoms with Crippen molar-refractivity contribution in [3.8, 4) is 0 Å². The topological polar surface area (TPSA) is 0 Å². The molecule has 0 aromatic carbocycles. The summed E-state index contributed by atoms with van der Waals surface area (Å²) in [5.41, 5.74) is 0. The third-order valence-electron chi connectivity index (χ3n) is 2.15. The van der Waals surface area contributed by atoms with Crippen LogP contribution in [0.1, 0.15) is 13.8 Å². The average Bonchev–Trinajstić information content (AvgIpc) is 2.43. The van der Waals surface area contributed by atoms with Crippen LogP contribution in [-0.4, -0.2) is 6.71 Å². The molecule has 0 atom stereocenters. The molecule has 0 bridgehead atoms. The van der Waals surface area contributed by atoms with Crippen LogP contribution in [0.15, 0.2) is 0 Å². The molecule has 1 fully saturated rings. The largest absolute Gasteiger partial charge is 0.146 e. The predicted octanol–water partition coefficient (Wildman–Crippen LogP) is 2.47. The van der Waals surface area contributed by atoms with Gasteiger partial charge in [0.05, 0.1) is 0 Å². The zero-order chi connectivity index (χ0) is 7.40. The summed E-state index contributed by atoms with van der Waals surface area (Å²) >= 11 is 0. The molecule has 0 amide bonds. The van der Waals surface area contributed by atoms with E-state index in [-0.39, 0.29) is 0 Å². The first kappa shape index (κ1) is 8.16. The first-order chi connectivity index (χ1) is 4.88. The van der Waals surface area contributed by atoms with Gasteiger partial charge in [0.2, 0.25) is 0 Å². The number of rotatable bonds is 3. The maximum Gasteiger partial charge on any atom is 0.146 e. The van der Waals surface area contributed by atoms with E-state index in [1.807, 2.05) is 0 Å². The molecule has 0 spiro atoms. The van der Waals surface area contributed by atoms with Crippen LogP contribution in [-0.2, 0) is 0 Å². The van der Waals surface area contributed by atoms with Crippen molar-refractivity contribution >= 4 is 6.71 Å². The molecule has 1 saturated carbocycles. The Morgan fingerprint density at radius 2 is 1.60 bits per heavy atom. The smallest absolute Gasteiger partial charge is 0.0765 e. The van der Waals surface area contributed by atoms with Gasteiger partial charge in [-0.15, -0.1) is 0 Å². The standard InChI is InChI=1S/C9H14B/c1-3-10(4-2)9-7-5-6-8-9/h5-8H,3-4H2,1-2H3. The molecule has 0 saturated heterocycles. The van der Waals surface area contributed by atoms with E-state index >= 15 is 0 Å². The Balaban J connectivity index is 2.29. The Labute approximate surface area is 65.5 Å². The Morgan fingerprint density at radius 3 is 2.00 bits per heavy atom. The minimum absolute atomic E-state index is 0.787. The van der Waals surface area contributed by atoms with Crippen LogP contribution in [0.4, 0.5) is 0 Å². The van der Waals surface area contributed by atoms with E-state index in [1.54, 1.807) is 0 Å². The molecule has 0 aromatic heterocycles. The molecule has 0 N–H and O–H groups in total. The van der Waals surface area contributed by atoms with E-state index in [0.717, 1.165) is 6.71 Å². The fourth-order valence-electron chi connectivity index (χ4n) is 1.42. The molecule has 0 unspecified atom stereocenters. The molecule has 10 heavy (non-hydrogen) atoms. The van der Waals surface area contributed by atoms with Crippen LogP contribution in [0.25, 0.3) is 0 Å². The van der Waals surface area contributed by atoms with Crippen molar-refractivity contribution in [3.63, 3.8) is 0 Å². The quantitative estimate of drug-likeness (QED) is 0.518. The normalized spacial score (nSPS) is 19.8. The highest BCUT2D eigenvalue weighted by atomic mass is 14.1. The van der Waals surface area contributed by atoms with Gasteiger partial charge in [0.25, 0.3) is 0 Å². The van der Waals surface area contributed by atoms with Crippen LogP contribution in [0, 0.1) is 31.5 Å². The summed E-state index contributed by atoms with van der Waals surface area (Å²) in [6.07, 6.45) is 11.2. The molecule has 0 aromatic rings. The molecule has 1 aliphatic carbocycles. The van der Waals surface area contributed by atoms with Gasteiger partial charge in [0.1, 0.15) is 6.71 Å². The van der Waals surface area contributed by atoms with Gasteiger partial charge in [-0.25, -0.2) is 0 Å². The molecule has 0 nitrogen and oxygen atoms in total. The van der Waals surface area contributed by atoms with E-state index in [2.05, 4.69) is 39.5 Å². The van der Waals surface area contributed by atoms with Gasteiger partial charge >= 0.3 is 0 Å². The van der Waals surface area contributed by atoms with Crippen molar-refractivity contribution in [1.29, 1.82) is 0 Å². The fraction of sp³-hybridized carbons (Fsp3) is 0.444. The van der Waals surface area contributed by atoms with Crippen molar-refractivity contribution in [3.05, 3.63) is 31.5 Å². The molecule has 5 radical (unpaired) electrons. The van der Waals surface area contributed by atoms with Crippen molar-refractivity contribution < 1.29 is 0 Å². The zero-order valence-corrected chi connectivity index (χ0v) is 6.80. The second kappa shape index (κ2) is 4.05. The fourth-order valence-corrected chi connectivity index (χ4v) is 1.42. The number of hydrogen-bond acceptors (Lipinski definition) is 0. The summed E-state index contributed by atoms with van der Waals surface area (Å²) < 4.78 is 0. The van der Waals surface area contributed by atoms with Crippen LogP contribution >= 0.6 is 0 Å². The maximum absolute atomic E-state index is 2.25. The molecular formula is C9H14B. The van der Waals surface area contributed by atoms with E-state index in [0.29, 0.717) is 0 Å². The van der Waals surface area contributed by atoms with E-state index in [1.165, 1.54) is 18.5 Å². The highest BCUT2D eigenvalue weighted by Crippen LogP contribution is 2.28. The van der Waals surface area contributed by atoms with E-state index in [9.17, 15) is 0 Å². The predicted molar refractivity (Wildman–Crippen MR) is 47.2 cm³/mol. The lowest BCUT2D eigenvalue weighted by atomic mass is 9.37. The molecular weight excluding hydrogens is 119 g/mol. The van der Waals surface area contributed by atoms with Gasteiger partial charge in [0, 0.05) is 0 Å². The van der Waals surface area contributed by atoms with Crippen molar-refractivity contribution in [2.75, 3.05) is 0 Å². The SMILES string of the molecule is CCB(CC)[C]1[CH][CH][CH][CH]1. The van der Waals surface area contributed by atoms with E-state index in [4.69, 9.17) is 0 Å². The van der Waals surface area contributed by atoms with Gasteiger partial charge in [-0.05, 0) is 31.5 Å². The summed E-state index contributed by atoms with van der Waals surface area (Å²) in [5, 5.41) is 0. The Kier molecular flexibility index (Phi) is 3.31. The molecule has 1 aliphatic rings. The highest BCUT2D eigenvalue weighted by molar-refractivity contribution is 6.66. The minimum atomic E-state index is 0.787. The van der Waals surface area contributed by atoms with Gasteiger partial charge in [-0.3, -0.25) is 0 Å². The second-order valence-corrected chi connectivity index (χ2v) is 2.73. The summed E-state index contributed by atoms with van der Waals surface area (Å²) in [4.78, 5) is 0. The average molecular weight is 133 g/mol. The lowest BCUT2D eigenvalue weighted by Crippen LogP contribution is -2.19. The number of hydrogen-bond donors (Lipinski definition) is 0. The van der Waals surface area contributed by atoms with Crippen molar-refractivity contribution in [1.82, 2.24) is 0 Å². The van der Waals surface area contributed by atoms with Gasteiger partial charge in [-0.2, -0.15) is 0 Å². The lowest BCUT2D eigenvalue weighted by Gasteiger charge is -2.14. The van der Waals surface area contributed by atoms with Crippen LogP contribution in [0.3, 0.4) is 0 Å². The van der Waals surface area contributed by atoms with Crippen LogP contribution in [0.2, 0.25) is 12.6 Å². The first-order valence-corrected chi connectivity index (χ1v) is 4.10. The lowest BCUT2D eigenvalue weighted by molar-refractivity contribution is 1.26. The molecule has 1 rings (SSSR count). The molecule has 1 heteroatoms. The third-order valence-corrected chi connectivity index (χ3v) is 2.15. The Morgan fingerprint density at radius 1 is 1.10 bits per heavy atom. The third kappa shape index (κ3) is 1.77. The van der Waals surface area contributed by atoms with Gasteiger partial charge < -0.3 is 0 Å². The summed E-state index contributed by atoms with van der Waals surface area (Å²) in [6.45, 7) is 5.29. The molecule has 0 aliphatic heterocycles. The van der Waals surface area contributed by atoms with Crippen molar-refractivity contribution in [2.24, 2.45) is 0 Å². The Bertz CT molecular complexity index is 80.7.